The van der Waals surface area contributed by atoms with E-state index in [4.69, 9.17) is 4.74 Å². The van der Waals surface area contributed by atoms with E-state index >= 15 is 0 Å². The molecule has 2 saturated carbocycles. The highest BCUT2D eigenvalue weighted by Crippen LogP contribution is 2.49. The molecular formula is C17H23NO2. The number of carbonyl (C=O) groups is 1. The van der Waals surface area contributed by atoms with Crippen LogP contribution in [0.2, 0.25) is 0 Å². The van der Waals surface area contributed by atoms with Crippen molar-refractivity contribution in [1.29, 1.82) is 0 Å². The molecule has 3 atom stereocenters. The van der Waals surface area contributed by atoms with Crippen molar-refractivity contribution in [3.8, 4) is 5.75 Å². The minimum Gasteiger partial charge on any atom is -0.489 e. The molecule has 3 nitrogen and oxygen atoms in total. The number of hydrogen-bond donors (Lipinski definition) is 0. The molecule has 2 aliphatic rings. The first-order valence-corrected chi connectivity index (χ1v) is 7.76. The highest BCUT2D eigenvalue weighted by Gasteiger charge is 2.40. The Kier molecular flexibility index (Phi) is 3.77. The lowest BCUT2D eigenvalue weighted by Gasteiger charge is -2.20. The van der Waals surface area contributed by atoms with E-state index in [1.807, 2.05) is 19.9 Å². The molecule has 1 heterocycles. The molecule has 2 bridgehead atoms. The number of ketones is 1. The molecule has 0 aliphatic heterocycles. The molecule has 0 spiro atoms. The number of pyridine rings is 1. The van der Waals surface area contributed by atoms with Crippen LogP contribution < -0.4 is 4.74 Å². The molecule has 0 N–H and O–H groups in total. The van der Waals surface area contributed by atoms with Gasteiger partial charge in [-0.25, -0.2) is 0 Å². The summed E-state index contributed by atoms with van der Waals surface area (Å²) in [7, 11) is 0. The molecule has 108 valence electrons. The van der Waals surface area contributed by atoms with Gasteiger partial charge in [0.2, 0.25) is 0 Å². The third-order valence-corrected chi connectivity index (χ3v) is 4.74. The van der Waals surface area contributed by atoms with Crippen molar-refractivity contribution in [2.45, 2.75) is 52.1 Å². The number of aromatic nitrogens is 1. The second-order valence-corrected chi connectivity index (χ2v) is 6.64. The normalized spacial score (nSPS) is 28.1. The summed E-state index contributed by atoms with van der Waals surface area (Å²) in [6.45, 7) is 3.95. The van der Waals surface area contributed by atoms with Crippen LogP contribution in [0.1, 0.15) is 56.3 Å². The van der Waals surface area contributed by atoms with Gasteiger partial charge in [0.05, 0.1) is 12.3 Å². The van der Waals surface area contributed by atoms with Gasteiger partial charge < -0.3 is 4.74 Å². The second-order valence-electron chi connectivity index (χ2n) is 6.64. The lowest BCUT2D eigenvalue weighted by Crippen LogP contribution is -2.15. The number of Topliss-reactive ketones (excluding diaryl/α,β-unsaturated/α-hetero) is 1. The smallest absolute Gasteiger partial charge is 0.164 e. The van der Waals surface area contributed by atoms with Crippen molar-refractivity contribution < 1.29 is 9.53 Å². The minimum absolute atomic E-state index is 0.104. The topological polar surface area (TPSA) is 39.2 Å². The number of fused-ring (bicyclic) bond motifs is 2. The zero-order valence-electron chi connectivity index (χ0n) is 12.3. The summed E-state index contributed by atoms with van der Waals surface area (Å²) in [5.41, 5.74) is 0.700. The van der Waals surface area contributed by atoms with Gasteiger partial charge in [-0.05, 0) is 56.9 Å². The standard InChI is InChI=1S/C17H23NO2/c1-11(2)20-16-7-15(9-18-10-16)17(19)8-14-6-12-3-4-13(14)5-12/h7,9-14H,3-6,8H2,1-2H3. The van der Waals surface area contributed by atoms with Crippen LogP contribution in [0.25, 0.3) is 0 Å². The van der Waals surface area contributed by atoms with Crippen molar-refractivity contribution >= 4 is 5.78 Å². The lowest BCUT2D eigenvalue weighted by atomic mass is 9.84. The van der Waals surface area contributed by atoms with Gasteiger partial charge in [0.1, 0.15) is 5.75 Å². The largest absolute Gasteiger partial charge is 0.489 e. The van der Waals surface area contributed by atoms with Crippen molar-refractivity contribution in [3.63, 3.8) is 0 Å². The van der Waals surface area contributed by atoms with Crippen LogP contribution in [0.15, 0.2) is 18.5 Å². The van der Waals surface area contributed by atoms with Crippen LogP contribution in [0, 0.1) is 17.8 Å². The maximum atomic E-state index is 12.4. The number of rotatable bonds is 5. The van der Waals surface area contributed by atoms with Crippen LogP contribution in [-0.2, 0) is 0 Å². The summed E-state index contributed by atoms with van der Waals surface area (Å²) in [5.74, 6) is 3.22. The van der Waals surface area contributed by atoms with Crippen LogP contribution in [0.5, 0.6) is 5.75 Å². The minimum atomic E-state index is 0.104. The molecule has 0 saturated heterocycles. The van der Waals surface area contributed by atoms with E-state index < -0.39 is 0 Å². The second kappa shape index (κ2) is 5.55. The lowest BCUT2D eigenvalue weighted by molar-refractivity contribution is 0.0943. The van der Waals surface area contributed by atoms with Crippen LogP contribution >= 0.6 is 0 Å². The summed E-state index contributed by atoms with van der Waals surface area (Å²) in [5, 5.41) is 0. The van der Waals surface area contributed by atoms with Gasteiger partial charge in [0.15, 0.2) is 5.78 Å². The maximum absolute atomic E-state index is 12.4. The van der Waals surface area contributed by atoms with E-state index in [1.165, 1.54) is 25.7 Å². The summed E-state index contributed by atoms with van der Waals surface area (Å²) in [6, 6.07) is 1.84. The fourth-order valence-electron chi connectivity index (χ4n) is 3.89. The maximum Gasteiger partial charge on any atom is 0.164 e. The van der Waals surface area contributed by atoms with Crippen molar-refractivity contribution in [3.05, 3.63) is 24.0 Å². The first-order chi connectivity index (χ1) is 9.61. The Morgan fingerprint density at radius 2 is 2.20 bits per heavy atom. The van der Waals surface area contributed by atoms with E-state index in [2.05, 4.69) is 4.98 Å². The van der Waals surface area contributed by atoms with Crippen LogP contribution in [0.4, 0.5) is 0 Å². The Balaban J connectivity index is 1.65. The van der Waals surface area contributed by atoms with E-state index in [1.54, 1.807) is 12.4 Å². The fourth-order valence-corrected chi connectivity index (χ4v) is 3.89. The molecule has 0 amide bonds. The number of hydrogen-bond acceptors (Lipinski definition) is 3. The molecular weight excluding hydrogens is 250 g/mol. The summed E-state index contributed by atoms with van der Waals surface area (Å²) >= 11 is 0. The van der Waals surface area contributed by atoms with Gasteiger partial charge >= 0.3 is 0 Å². The number of ether oxygens (including phenoxy) is 1. The monoisotopic (exact) mass is 273 g/mol. The first kappa shape index (κ1) is 13.6. The SMILES string of the molecule is CC(C)Oc1cncc(C(=O)CC2CC3CCC2C3)c1. The van der Waals surface area contributed by atoms with Gasteiger partial charge in [-0.15, -0.1) is 0 Å². The molecule has 3 unspecified atom stereocenters. The molecule has 0 radical (unpaired) electrons. The van der Waals surface area contributed by atoms with Gasteiger partial charge in [-0.1, -0.05) is 6.42 Å². The molecule has 3 rings (SSSR count). The average Bonchev–Trinajstić information content (AvgIpc) is 3.00. The summed E-state index contributed by atoms with van der Waals surface area (Å²) in [6.07, 6.45) is 9.46. The molecule has 2 fully saturated rings. The van der Waals surface area contributed by atoms with Gasteiger partial charge in [0, 0.05) is 18.2 Å². The van der Waals surface area contributed by atoms with Gasteiger partial charge in [-0.2, -0.15) is 0 Å². The van der Waals surface area contributed by atoms with E-state index in [0.717, 1.165) is 11.8 Å². The number of carbonyl (C=O) groups excluding carboxylic acids is 1. The highest BCUT2D eigenvalue weighted by molar-refractivity contribution is 5.96. The Labute approximate surface area is 120 Å². The third-order valence-electron chi connectivity index (χ3n) is 4.74. The molecule has 0 aromatic carbocycles. The average molecular weight is 273 g/mol. The predicted octanol–water partition coefficient (Wildman–Crippen LogP) is 3.88. The van der Waals surface area contributed by atoms with Gasteiger partial charge in [0.25, 0.3) is 0 Å². The molecule has 1 aromatic heterocycles. The quantitative estimate of drug-likeness (QED) is 0.764. The van der Waals surface area contributed by atoms with Crippen molar-refractivity contribution in [1.82, 2.24) is 4.98 Å². The van der Waals surface area contributed by atoms with Crippen molar-refractivity contribution in [2.24, 2.45) is 17.8 Å². The Morgan fingerprint density at radius 1 is 1.35 bits per heavy atom. The molecule has 1 aromatic rings. The molecule has 3 heteroatoms. The van der Waals surface area contributed by atoms with Crippen LogP contribution in [-0.4, -0.2) is 16.9 Å². The Morgan fingerprint density at radius 3 is 2.85 bits per heavy atom. The zero-order valence-corrected chi connectivity index (χ0v) is 12.3. The Hall–Kier alpha value is -1.38. The Bertz CT molecular complexity index is 498. The highest BCUT2D eigenvalue weighted by atomic mass is 16.5. The predicted molar refractivity (Wildman–Crippen MR) is 77.9 cm³/mol. The summed E-state index contributed by atoms with van der Waals surface area (Å²) in [4.78, 5) is 16.6. The third kappa shape index (κ3) is 2.87. The van der Waals surface area contributed by atoms with Crippen LogP contribution in [0.3, 0.4) is 0 Å². The number of nitrogens with zero attached hydrogens (tertiary/aromatic N) is 1. The van der Waals surface area contributed by atoms with E-state index in [-0.39, 0.29) is 11.9 Å². The van der Waals surface area contributed by atoms with Crippen molar-refractivity contribution in [2.75, 3.05) is 0 Å². The zero-order chi connectivity index (χ0) is 14.1. The molecule has 20 heavy (non-hydrogen) atoms. The first-order valence-electron chi connectivity index (χ1n) is 7.76. The van der Waals surface area contributed by atoms with E-state index in [0.29, 0.717) is 23.7 Å². The fraction of sp³-hybridized carbons (Fsp3) is 0.647. The van der Waals surface area contributed by atoms with E-state index in [9.17, 15) is 4.79 Å². The molecule has 2 aliphatic carbocycles. The van der Waals surface area contributed by atoms with Gasteiger partial charge in [-0.3, -0.25) is 9.78 Å². The summed E-state index contributed by atoms with van der Waals surface area (Å²) < 4.78 is 5.61.